The molecule has 2 amide bonds. The zero-order chi connectivity index (χ0) is 23.0. The molecule has 4 aromatic rings. The quantitative estimate of drug-likeness (QED) is 0.429. The highest BCUT2D eigenvalue weighted by Crippen LogP contribution is 2.23. The second-order valence-electron chi connectivity index (χ2n) is 7.32. The number of hydrogen-bond acceptors (Lipinski definition) is 4. The van der Waals surface area contributed by atoms with E-state index in [-0.39, 0.29) is 23.9 Å². The van der Waals surface area contributed by atoms with Crippen LogP contribution < -0.4 is 15.4 Å². The first-order valence-corrected chi connectivity index (χ1v) is 10.5. The number of carbonyl (C=O) groups excluding carboxylic acids is 2. The van der Waals surface area contributed by atoms with E-state index in [0.29, 0.717) is 17.0 Å². The molecule has 0 saturated heterocycles. The minimum atomic E-state index is -0.348. The van der Waals surface area contributed by atoms with Gasteiger partial charge in [-0.2, -0.15) is 0 Å². The molecule has 1 aromatic heterocycles. The van der Waals surface area contributed by atoms with Crippen LogP contribution in [0.5, 0.6) is 5.75 Å². The summed E-state index contributed by atoms with van der Waals surface area (Å²) in [5.74, 6) is -0.277. The van der Waals surface area contributed by atoms with E-state index >= 15 is 0 Å². The van der Waals surface area contributed by atoms with Gasteiger partial charge in [0.1, 0.15) is 5.75 Å². The molecule has 0 aliphatic heterocycles. The van der Waals surface area contributed by atoms with Gasteiger partial charge in [-0.1, -0.05) is 48.5 Å². The van der Waals surface area contributed by atoms with E-state index in [1.54, 1.807) is 18.3 Å². The highest BCUT2D eigenvalue weighted by Gasteiger charge is 2.16. The second kappa shape index (κ2) is 10.2. The van der Waals surface area contributed by atoms with E-state index < -0.39 is 0 Å². The maximum absolute atomic E-state index is 12.8. The summed E-state index contributed by atoms with van der Waals surface area (Å²) < 4.78 is 5.32. The third-order valence-electron chi connectivity index (χ3n) is 5.11. The van der Waals surface area contributed by atoms with Crippen molar-refractivity contribution in [3.05, 3.63) is 114 Å². The Morgan fingerprint density at radius 2 is 1.55 bits per heavy atom. The van der Waals surface area contributed by atoms with E-state index in [9.17, 15) is 9.59 Å². The fourth-order valence-electron chi connectivity index (χ4n) is 3.38. The fourth-order valence-corrected chi connectivity index (χ4v) is 3.38. The highest BCUT2D eigenvalue weighted by molar-refractivity contribution is 6.07. The van der Waals surface area contributed by atoms with Crippen LogP contribution in [0, 0.1) is 0 Å². The number of nitrogens with zero attached hydrogens (tertiary/aromatic N) is 1. The lowest BCUT2D eigenvalue weighted by molar-refractivity contribution is 0.0947. The number of ether oxygens (including phenoxy) is 1. The van der Waals surface area contributed by atoms with Crippen molar-refractivity contribution in [3.63, 3.8) is 0 Å². The number of hydrogen-bond donors (Lipinski definition) is 2. The summed E-state index contributed by atoms with van der Waals surface area (Å²) in [6.07, 6.45) is 1.67. The molecule has 6 heteroatoms. The molecule has 1 heterocycles. The molecule has 4 rings (SSSR count). The molecular formula is C27H23N3O3. The SMILES string of the molecule is COc1ccc(C(=O)Nc2ccc(-c3ccccc3)cc2)cc1C(=O)NCc1ccccn1. The second-order valence-corrected chi connectivity index (χ2v) is 7.32. The van der Waals surface area contributed by atoms with Crippen molar-refractivity contribution >= 4 is 17.5 Å². The van der Waals surface area contributed by atoms with Crippen LogP contribution in [0.4, 0.5) is 5.69 Å². The van der Waals surface area contributed by atoms with Gasteiger partial charge in [-0.25, -0.2) is 0 Å². The van der Waals surface area contributed by atoms with E-state index in [2.05, 4.69) is 15.6 Å². The fraction of sp³-hybridized carbons (Fsp3) is 0.0741. The summed E-state index contributed by atoms with van der Waals surface area (Å²) in [7, 11) is 1.49. The summed E-state index contributed by atoms with van der Waals surface area (Å²) in [4.78, 5) is 29.8. The van der Waals surface area contributed by atoms with Crippen molar-refractivity contribution in [3.8, 4) is 16.9 Å². The van der Waals surface area contributed by atoms with Gasteiger partial charge in [0.2, 0.25) is 0 Å². The molecule has 6 nitrogen and oxygen atoms in total. The van der Waals surface area contributed by atoms with E-state index in [0.717, 1.165) is 16.8 Å². The molecule has 0 aliphatic rings. The predicted octanol–water partition coefficient (Wildman–Crippen LogP) is 4.94. The number of nitrogens with one attached hydrogen (secondary N) is 2. The molecule has 3 aromatic carbocycles. The van der Waals surface area contributed by atoms with Crippen molar-refractivity contribution in [2.75, 3.05) is 12.4 Å². The van der Waals surface area contributed by atoms with Gasteiger partial charge in [0.15, 0.2) is 0 Å². The number of rotatable bonds is 7. The number of carbonyl (C=O) groups is 2. The predicted molar refractivity (Wildman–Crippen MR) is 128 cm³/mol. The minimum Gasteiger partial charge on any atom is -0.496 e. The van der Waals surface area contributed by atoms with Gasteiger partial charge >= 0.3 is 0 Å². The van der Waals surface area contributed by atoms with Gasteiger partial charge < -0.3 is 15.4 Å². The number of aromatic nitrogens is 1. The molecule has 33 heavy (non-hydrogen) atoms. The Morgan fingerprint density at radius 3 is 2.24 bits per heavy atom. The number of amides is 2. The van der Waals surface area contributed by atoms with E-state index in [4.69, 9.17) is 4.74 Å². The summed E-state index contributed by atoms with van der Waals surface area (Å²) >= 11 is 0. The van der Waals surface area contributed by atoms with Crippen molar-refractivity contribution < 1.29 is 14.3 Å². The first-order chi connectivity index (χ1) is 16.1. The van der Waals surface area contributed by atoms with Gasteiger partial charge in [0, 0.05) is 17.4 Å². The lowest BCUT2D eigenvalue weighted by atomic mass is 10.1. The van der Waals surface area contributed by atoms with Crippen LogP contribution >= 0.6 is 0 Å². The summed E-state index contributed by atoms with van der Waals surface area (Å²) in [6, 6.07) is 27.9. The molecule has 0 unspecified atom stereocenters. The molecule has 0 radical (unpaired) electrons. The Kier molecular flexibility index (Phi) is 6.75. The average molecular weight is 437 g/mol. The minimum absolute atomic E-state index is 0.271. The molecule has 0 saturated carbocycles. The topological polar surface area (TPSA) is 80.3 Å². The summed E-state index contributed by atoms with van der Waals surface area (Å²) in [5, 5.41) is 5.69. The molecule has 0 atom stereocenters. The number of anilines is 1. The van der Waals surface area contributed by atoms with Crippen molar-refractivity contribution in [1.82, 2.24) is 10.3 Å². The van der Waals surface area contributed by atoms with E-state index in [1.165, 1.54) is 13.2 Å². The lowest BCUT2D eigenvalue weighted by Crippen LogP contribution is -2.24. The molecule has 0 aliphatic carbocycles. The van der Waals surface area contributed by atoms with E-state index in [1.807, 2.05) is 72.8 Å². The number of pyridine rings is 1. The third-order valence-corrected chi connectivity index (χ3v) is 5.11. The Bertz CT molecular complexity index is 1240. The van der Waals surface area contributed by atoms with Crippen LogP contribution in [-0.2, 0) is 6.54 Å². The van der Waals surface area contributed by atoms with Crippen molar-refractivity contribution in [2.24, 2.45) is 0 Å². The largest absolute Gasteiger partial charge is 0.496 e. The molecule has 0 bridgehead atoms. The van der Waals surface area contributed by atoms with Gasteiger partial charge in [0.25, 0.3) is 11.8 Å². The van der Waals surface area contributed by atoms with Crippen LogP contribution in [0.3, 0.4) is 0 Å². The van der Waals surface area contributed by atoms with Gasteiger partial charge in [-0.05, 0) is 53.6 Å². The van der Waals surface area contributed by atoms with Crippen LogP contribution in [0.25, 0.3) is 11.1 Å². The third kappa shape index (κ3) is 5.43. The molecule has 2 N–H and O–H groups in total. The highest BCUT2D eigenvalue weighted by atomic mass is 16.5. The summed E-state index contributed by atoms with van der Waals surface area (Å²) in [5.41, 5.74) is 4.19. The van der Waals surface area contributed by atoms with Crippen molar-refractivity contribution in [1.29, 1.82) is 0 Å². The maximum atomic E-state index is 12.8. The zero-order valence-electron chi connectivity index (χ0n) is 18.1. The molecule has 0 fully saturated rings. The van der Waals surface area contributed by atoms with Gasteiger partial charge in [-0.3, -0.25) is 14.6 Å². The van der Waals surface area contributed by atoms with Gasteiger partial charge in [0.05, 0.1) is 24.9 Å². The standard InChI is InChI=1S/C27H23N3O3/c1-33-25-15-12-21(17-24(25)27(32)29-18-23-9-5-6-16-28-23)26(31)30-22-13-10-20(11-14-22)19-7-3-2-4-8-19/h2-17H,18H2,1H3,(H,29,32)(H,30,31). The maximum Gasteiger partial charge on any atom is 0.255 e. The Balaban J connectivity index is 1.47. The van der Waals surface area contributed by atoms with Crippen LogP contribution in [0.1, 0.15) is 26.4 Å². The Morgan fingerprint density at radius 1 is 0.818 bits per heavy atom. The molecule has 164 valence electrons. The number of methoxy groups -OCH3 is 1. The number of benzene rings is 3. The van der Waals surface area contributed by atoms with Crippen LogP contribution in [0.15, 0.2) is 97.2 Å². The average Bonchev–Trinajstić information content (AvgIpc) is 2.88. The summed E-state index contributed by atoms with van der Waals surface area (Å²) in [6.45, 7) is 0.271. The Labute approximate surface area is 192 Å². The smallest absolute Gasteiger partial charge is 0.255 e. The lowest BCUT2D eigenvalue weighted by Gasteiger charge is -2.12. The van der Waals surface area contributed by atoms with Crippen LogP contribution in [-0.4, -0.2) is 23.9 Å². The van der Waals surface area contributed by atoms with Crippen LogP contribution in [0.2, 0.25) is 0 Å². The zero-order valence-corrected chi connectivity index (χ0v) is 18.1. The normalized spacial score (nSPS) is 10.3. The van der Waals surface area contributed by atoms with Gasteiger partial charge in [-0.15, -0.1) is 0 Å². The molecule has 0 spiro atoms. The monoisotopic (exact) mass is 437 g/mol. The first-order valence-electron chi connectivity index (χ1n) is 10.5. The first kappa shape index (κ1) is 21.8. The molecular weight excluding hydrogens is 414 g/mol. The van der Waals surface area contributed by atoms with Crippen molar-refractivity contribution in [2.45, 2.75) is 6.54 Å². The Hall–Kier alpha value is -4.45.